The number of amides is 1. The van der Waals surface area contributed by atoms with Gasteiger partial charge in [-0.15, -0.1) is 0 Å². The third-order valence-electron chi connectivity index (χ3n) is 3.39. The average Bonchev–Trinajstić information content (AvgIpc) is 3.21. The Balaban J connectivity index is 0.000000244. The number of rotatable bonds is 5. The summed E-state index contributed by atoms with van der Waals surface area (Å²) in [5.74, 6) is 0.312. The van der Waals surface area contributed by atoms with Crippen LogP contribution >= 0.6 is 12.8 Å². The normalized spacial score (nSPS) is 9.78. The zero-order chi connectivity index (χ0) is 19.6. The summed E-state index contributed by atoms with van der Waals surface area (Å²) in [6.45, 7) is 0.534. The van der Waals surface area contributed by atoms with Gasteiger partial charge in [0.15, 0.2) is 0 Å². The largest absolute Gasteiger partial charge is 0.497 e. The van der Waals surface area contributed by atoms with Gasteiger partial charge in [-0.05, 0) is 30.3 Å². The molecule has 0 aliphatic carbocycles. The molecule has 0 aliphatic heterocycles. The van der Waals surface area contributed by atoms with E-state index in [0.717, 1.165) is 5.56 Å². The van der Waals surface area contributed by atoms with Crippen LogP contribution in [0.4, 0.5) is 4.39 Å². The second-order valence-corrected chi connectivity index (χ2v) is 5.39. The Morgan fingerprint density at radius 1 is 1.22 bits per heavy atom. The molecule has 0 unspecified atom stereocenters. The Labute approximate surface area is 161 Å². The third kappa shape index (κ3) is 6.00. The molecule has 3 aromatic rings. The van der Waals surface area contributed by atoms with E-state index in [0.29, 0.717) is 18.2 Å². The first-order valence-electron chi connectivity index (χ1n) is 7.82. The van der Waals surface area contributed by atoms with Crippen LogP contribution in [0.5, 0.6) is 11.6 Å². The quantitative estimate of drug-likeness (QED) is 0.655. The van der Waals surface area contributed by atoms with E-state index in [2.05, 4.69) is 27.6 Å². The number of nitrogens with one attached hydrogen (secondary N) is 1. The molecule has 0 spiro atoms. The first-order chi connectivity index (χ1) is 13.1. The first-order valence-corrected chi connectivity index (χ1v) is 8.27. The van der Waals surface area contributed by atoms with E-state index in [-0.39, 0.29) is 17.4 Å². The van der Waals surface area contributed by atoms with Gasteiger partial charge in [0.1, 0.15) is 17.3 Å². The molecule has 1 aromatic carbocycles. The Bertz CT molecular complexity index is 875. The van der Waals surface area contributed by atoms with Gasteiger partial charge < -0.3 is 9.47 Å². The molecule has 2 aromatic heterocycles. The molecule has 1 amide bonds. The van der Waals surface area contributed by atoms with Crippen molar-refractivity contribution in [2.75, 3.05) is 14.2 Å². The second kappa shape index (κ2) is 10.2. The minimum atomic E-state index is -0.373. The molecule has 3 rings (SSSR count). The monoisotopic (exact) mass is 390 g/mol. The zero-order valence-electron chi connectivity index (χ0n) is 14.8. The van der Waals surface area contributed by atoms with Crippen molar-refractivity contribution in [2.24, 2.45) is 0 Å². The predicted molar refractivity (Wildman–Crippen MR) is 102 cm³/mol. The second-order valence-electron chi connectivity index (χ2n) is 5.17. The number of aromatic nitrogens is 3. The van der Waals surface area contributed by atoms with Crippen LogP contribution in [0.3, 0.4) is 0 Å². The smallest absolute Gasteiger partial charge is 0.279 e. The summed E-state index contributed by atoms with van der Waals surface area (Å²) >= 11 is 3.69. The molecule has 0 fully saturated rings. The summed E-state index contributed by atoms with van der Waals surface area (Å²) < 4.78 is 26.2. The van der Waals surface area contributed by atoms with Crippen molar-refractivity contribution in [2.45, 2.75) is 6.54 Å². The topological polar surface area (TPSA) is 78.3 Å². The van der Waals surface area contributed by atoms with Gasteiger partial charge in [0.2, 0.25) is 5.88 Å². The van der Waals surface area contributed by atoms with Crippen LogP contribution in [-0.2, 0) is 6.54 Å². The first kappa shape index (κ1) is 20.2. The molecule has 0 bridgehead atoms. The molecule has 0 aliphatic rings. The van der Waals surface area contributed by atoms with Gasteiger partial charge in [0.05, 0.1) is 20.8 Å². The summed E-state index contributed by atoms with van der Waals surface area (Å²) in [4.78, 5) is 15.5. The number of hydrogen-bond acceptors (Lipinski definition) is 6. The van der Waals surface area contributed by atoms with Crippen molar-refractivity contribution in [3.8, 4) is 11.6 Å². The summed E-state index contributed by atoms with van der Waals surface area (Å²) in [6.07, 6.45) is 3.54. The van der Waals surface area contributed by atoms with Crippen molar-refractivity contribution >= 4 is 18.7 Å². The van der Waals surface area contributed by atoms with E-state index in [1.807, 2.05) is 12.3 Å². The molecule has 0 saturated heterocycles. The van der Waals surface area contributed by atoms with Crippen LogP contribution in [0.25, 0.3) is 0 Å². The maximum absolute atomic E-state index is 12.3. The maximum atomic E-state index is 12.3. The average molecular weight is 390 g/mol. The van der Waals surface area contributed by atoms with Gasteiger partial charge in [-0.3, -0.25) is 14.2 Å². The fourth-order valence-electron chi connectivity index (χ4n) is 2.11. The van der Waals surface area contributed by atoms with Crippen LogP contribution in [-0.4, -0.2) is 34.9 Å². The number of ether oxygens (including phenoxy) is 2. The highest BCUT2D eigenvalue weighted by Crippen LogP contribution is 2.17. The van der Waals surface area contributed by atoms with Crippen molar-refractivity contribution in [1.29, 1.82) is 0 Å². The van der Waals surface area contributed by atoms with E-state index in [4.69, 9.17) is 9.47 Å². The van der Waals surface area contributed by atoms with Gasteiger partial charge in [-0.1, -0.05) is 18.9 Å². The van der Waals surface area contributed by atoms with Gasteiger partial charge >= 0.3 is 0 Å². The number of methoxy groups -OCH3 is 2. The molecule has 2 heterocycles. The Kier molecular flexibility index (Phi) is 7.63. The molecule has 0 radical (unpaired) electrons. The van der Waals surface area contributed by atoms with Crippen LogP contribution in [0.1, 0.15) is 16.1 Å². The van der Waals surface area contributed by atoms with E-state index in [1.165, 1.54) is 26.4 Å². The number of halogens is 1. The third-order valence-corrected chi connectivity index (χ3v) is 3.59. The number of nitrogens with zero attached hydrogens (tertiary/aromatic N) is 3. The number of benzene rings is 1. The summed E-state index contributed by atoms with van der Waals surface area (Å²) in [6, 6.07) is 11.3. The SMILES string of the molecule is COc1cccc(F)c1.COc1nc(C(=O)NS)ccc1Cn1cccn1. The number of pyridine rings is 1. The fourth-order valence-corrected chi connectivity index (χ4v) is 2.23. The Morgan fingerprint density at radius 2 is 2.04 bits per heavy atom. The van der Waals surface area contributed by atoms with Crippen molar-refractivity contribution in [1.82, 2.24) is 19.5 Å². The number of carbonyl (C=O) groups excluding carboxylic acids is 1. The molecule has 1 N–H and O–H groups in total. The highest BCUT2D eigenvalue weighted by Gasteiger charge is 2.11. The lowest BCUT2D eigenvalue weighted by Crippen LogP contribution is -2.15. The van der Waals surface area contributed by atoms with Gasteiger partial charge in [-0.2, -0.15) is 5.10 Å². The highest BCUT2D eigenvalue weighted by atomic mass is 32.1. The van der Waals surface area contributed by atoms with E-state index in [9.17, 15) is 9.18 Å². The highest BCUT2D eigenvalue weighted by molar-refractivity contribution is 7.78. The van der Waals surface area contributed by atoms with Gasteiger partial charge in [0, 0.05) is 24.0 Å². The molecular weight excluding hydrogens is 371 g/mol. The number of thiol groups is 1. The lowest BCUT2D eigenvalue weighted by molar-refractivity contribution is 0.0979. The minimum Gasteiger partial charge on any atom is -0.497 e. The van der Waals surface area contributed by atoms with E-state index >= 15 is 0 Å². The molecule has 9 heteroatoms. The molecule has 7 nitrogen and oxygen atoms in total. The Hall–Kier alpha value is -3.07. The number of carbonyl (C=O) groups is 1. The molecule has 27 heavy (non-hydrogen) atoms. The van der Waals surface area contributed by atoms with Crippen molar-refractivity contribution in [3.05, 3.63) is 71.9 Å². The van der Waals surface area contributed by atoms with Gasteiger partial charge in [0.25, 0.3) is 5.91 Å². The lowest BCUT2D eigenvalue weighted by atomic mass is 10.2. The van der Waals surface area contributed by atoms with Crippen molar-refractivity contribution < 1.29 is 18.7 Å². The number of hydrogen-bond donors (Lipinski definition) is 2. The van der Waals surface area contributed by atoms with Crippen LogP contribution < -0.4 is 14.2 Å². The van der Waals surface area contributed by atoms with Crippen LogP contribution in [0.15, 0.2) is 54.9 Å². The van der Waals surface area contributed by atoms with E-state index in [1.54, 1.807) is 35.1 Å². The predicted octanol–water partition coefficient (Wildman–Crippen LogP) is 2.74. The van der Waals surface area contributed by atoms with Crippen LogP contribution in [0.2, 0.25) is 0 Å². The van der Waals surface area contributed by atoms with Crippen molar-refractivity contribution in [3.63, 3.8) is 0 Å². The Morgan fingerprint density at radius 3 is 2.59 bits per heavy atom. The molecule has 0 atom stereocenters. The summed E-state index contributed by atoms with van der Waals surface area (Å²) in [7, 11) is 3.02. The summed E-state index contributed by atoms with van der Waals surface area (Å²) in [5, 5.41) is 4.10. The maximum Gasteiger partial charge on any atom is 0.279 e. The lowest BCUT2D eigenvalue weighted by Gasteiger charge is -2.09. The summed E-state index contributed by atoms with van der Waals surface area (Å²) in [5.41, 5.74) is 1.10. The minimum absolute atomic E-state index is 0.256. The van der Waals surface area contributed by atoms with Gasteiger partial charge in [-0.25, -0.2) is 9.37 Å². The van der Waals surface area contributed by atoms with Crippen LogP contribution in [0, 0.1) is 5.82 Å². The zero-order valence-corrected chi connectivity index (χ0v) is 15.7. The van der Waals surface area contributed by atoms with E-state index < -0.39 is 0 Å². The standard InChI is InChI=1S/C11H12N4O2S.C7H7FO/c1-17-11-8(7-15-6-2-5-12-15)3-4-9(13-11)10(16)14-18;1-9-7-4-2-3-6(8)5-7/h2-6,18H,7H2,1H3,(H,14,16);2-5H,1H3. The molecule has 142 valence electrons. The fraction of sp³-hybridized carbons (Fsp3) is 0.167. The molecular formula is C18H19FN4O3S. The molecule has 0 saturated carbocycles.